The van der Waals surface area contributed by atoms with Crippen LogP contribution in [0.15, 0.2) is 48.5 Å². The lowest BCUT2D eigenvalue weighted by Crippen LogP contribution is -2.34. The van der Waals surface area contributed by atoms with E-state index >= 15 is 0 Å². The average Bonchev–Trinajstić information content (AvgIpc) is 2.59. The molecule has 0 saturated carbocycles. The van der Waals surface area contributed by atoms with Crippen LogP contribution in [-0.4, -0.2) is 23.2 Å². The molecule has 24 heavy (non-hydrogen) atoms. The van der Waals surface area contributed by atoms with E-state index in [1.54, 1.807) is 29.2 Å². The van der Waals surface area contributed by atoms with Crippen molar-refractivity contribution in [2.24, 2.45) is 0 Å². The number of benzene rings is 2. The highest BCUT2D eigenvalue weighted by Gasteiger charge is 2.24. The first-order chi connectivity index (χ1) is 11.6. The number of nitrogens with zero attached hydrogens (tertiary/aromatic N) is 2. The third-order valence-electron chi connectivity index (χ3n) is 4.10. The lowest BCUT2D eigenvalue weighted by molar-refractivity contribution is -0.384. The van der Waals surface area contributed by atoms with Gasteiger partial charge in [-0.05, 0) is 37.1 Å². The summed E-state index contributed by atoms with van der Waals surface area (Å²) in [5, 5.41) is 10.7. The number of hydrogen-bond acceptors (Lipinski definition) is 4. The van der Waals surface area contributed by atoms with Crippen LogP contribution in [0.3, 0.4) is 0 Å². The molecule has 1 aliphatic heterocycles. The molecule has 0 spiro atoms. The predicted molar refractivity (Wildman–Crippen MR) is 89.4 cm³/mol. The van der Waals surface area contributed by atoms with Gasteiger partial charge in [0.1, 0.15) is 0 Å². The van der Waals surface area contributed by atoms with Crippen LogP contribution in [0.25, 0.3) is 0 Å². The summed E-state index contributed by atoms with van der Waals surface area (Å²) in [6.07, 6.45) is 1.95. The maximum absolute atomic E-state index is 12.9. The molecule has 6 heteroatoms. The molecule has 2 aromatic carbocycles. The molecule has 1 aliphatic rings. The van der Waals surface area contributed by atoms with Crippen LogP contribution in [-0.2, 0) is 0 Å². The number of carbonyl (C=O) groups is 2. The van der Waals surface area contributed by atoms with E-state index in [1.165, 1.54) is 24.3 Å². The zero-order valence-corrected chi connectivity index (χ0v) is 13.0. The van der Waals surface area contributed by atoms with Crippen LogP contribution in [0, 0.1) is 10.1 Å². The summed E-state index contributed by atoms with van der Waals surface area (Å²) in [4.78, 5) is 37.0. The standard InChI is InChI=1S/C18H16N2O4/c21-17-7-3-4-12-19(16-6-2-1-5-15(16)17)18(22)13-8-10-14(11-9-13)20(23)24/h1-2,5-6,8-11H,3-4,7,12H2. The van der Waals surface area contributed by atoms with Gasteiger partial charge >= 0.3 is 0 Å². The summed E-state index contributed by atoms with van der Waals surface area (Å²) in [6, 6.07) is 12.6. The lowest BCUT2D eigenvalue weighted by Gasteiger charge is -2.27. The van der Waals surface area contributed by atoms with Crippen LogP contribution in [0.4, 0.5) is 11.4 Å². The molecule has 0 fully saturated rings. The first-order valence-electron chi connectivity index (χ1n) is 7.76. The molecule has 0 unspecified atom stereocenters. The lowest BCUT2D eigenvalue weighted by atomic mass is 9.99. The van der Waals surface area contributed by atoms with Crippen LogP contribution in [0.1, 0.15) is 40.0 Å². The number of anilines is 1. The fraction of sp³-hybridized carbons (Fsp3) is 0.222. The van der Waals surface area contributed by atoms with Gasteiger partial charge < -0.3 is 4.90 Å². The Hall–Kier alpha value is -3.02. The first-order valence-corrected chi connectivity index (χ1v) is 7.76. The van der Waals surface area contributed by atoms with Gasteiger partial charge in [-0.1, -0.05) is 12.1 Å². The molecule has 1 amide bonds. The van der Waals surface area contributed by atoms with E-state index in [0.717, 1.165) is 12.8 Å². The monoisotopic (exact) mass is 324 g/mol. The fourth-order valence-corrected chi connectivity index (χ4v) is 2.85. The molecule has 6 nitrogen and oxygen atoms in total. The van der Waals surface area contributed by atoms with Crippen molar-refractivity contribution in [3.63, 3.8) is 0 Å². The van der Waals surface area contributed by atoms with E-state index in [2.05, 4.69) is 0 Å². The molecule has 0 N–H and O–H groups in total. The van der Waals surface area contributed by atoms with Gasteiger partial charge in [0.2, 0.25) is 0 Å². The molecule has 1 heterocycles. The van der Waals surface area contributed by atoms with Gasteiger partial charge in [0.15, 0.2) is 5.78 Å². The van der Waals surface area contributed by atoms with Crippen molar-refractivity contribution < 1.29 is 14.5 Å². The van der Waals surface area contributed by atoms with E-state index in [4.69, 9.17) is 0 Å². The second kappa shape index (κ2) is 6.62. The van der Waals surface area contributed by atoms with Gasteiger partial charge in [-0.2, -0.15) is 0 Å². The number of nitro groups is 1. The van der Waals surface area contributed by atoms with E-state index in [9.17, 15) is 19.7 Å². The summed E-state index contributed by atoms with van der Waals surface area (Å²) in [5.74, 6) is -0.223. The number of ketones is 1. The number of nitro benzene ring substituents is 1. The zero-order valence-electron chi connectivity index (χ0n) is 13.0. The molecule has 0 bridgehead atoms. The molecule has 0 saturated heterocycles. The molecular weight excluding hydrogens is 308 g/mol. The number of carbonyl (C=O) groups excluding carboxylic acids is 2. The SMILES string of the molecule is O=C1CCCCN(C(=O)c2ccc([N+](=O)[O-])cc2)c2ccccc21. The average molecular weight is 324 g/mol. The highest BCUT2D eigenvalue weighted by molar-refractivity contribution is 6.11. The summed E-state index contributed by atoms with van der Waals surface area (Å²) in [7, 11) is 0. The fourth-order valence-electron chi connectivity index (χ4n) is 2.85. The van der Waals surface area contributed by atoms with Crippen LogP contribution >= 0.6 is 0 Å². The smallest absolute Gasteiger partial charge is 0.269 e. The molecule has 122 valence electrons. The van der Waals surface area contributed by atoms with Crippen molar-refractivity contribution >= 4 is 23.1 Å². The maximum Gasteiger partial charge on any atom is 0.269 e. The number of amides is 1. The van der Waals surface area contributed by atoms with Crippen molar-refractivity contribution in [3.8, 4) is 0 Å². The number of fused-ring (bicyclic) bond motifs is 1. The summed E-state index contributed by atoms with van der Waals surface area (Å²) < 4.78 is 0. The number of non-ortho nitro benzene ring substituents is 1. The molecule has 3 rings (SSSR count). The number of para-hydroxylation sites is 1. The largest absolute Gasteiger partial charge is 0.308 e. The Kier molecular flexibility index (Phi) is 4.37. The highest BCUT2D eigenvalue weighted by Crippen LogP contribution is 2.27. The van der Waals surface area contributed by atoms with Gasteiger partial charge in [0.05, 0.1) is 10.6 Å². The number of Topliss-reactive ketones (excluding diaryl/α,β-unsaturated/α-hetero) is 1. The van der Waals surface area contributed by atoms with Crippen molar-refractivity contribution in [2.45, 2.75) is 19.3 Å². The van der Waals surface area contributed by atoms with E-state index in [-0.39, 0.29) is 17.4 Å². The quantitative estimate of drug-likeness (QED) is 0.624. The molecule has 0 aliphatic carbocycles. The minimum absolute atomic E-state index is 0.0341. The Labute approximate surface area is 138 Å². The Morgan fingerprint density at radius 3 is 2.46 bits per heavy atom. The molecule has 0 radical (unpaired) electrons. The molecule has 0 aromatic heterocycles. The maximum atomic E-state index is 12.9. The van der Waals surface area contributed by atoms with E-state index < -0.39 is 4.92 Å². The number of hydrogen-bond donors (Lipinski definition) is 0. The van der Waals surface area contributed by atoms with Gasteiger partial charge in [0, 0.05) is 36.2 Å². The molecule has 0 atom stereocenters. The van der Waals surface area contributed by atoms with E-state index in [1.807, 2.05) is 0 Å². The van der Waals surface area contributed by atoms with Crippen LogP contribution in [0.5, 0.6) is 0 Å². The zero-order chi connectivity index (χ0) is 17.1. The Balaban J connectivity index is 1.98. The van der Waals surface area contributed by atoms with Crippen LogP contribution in [0.2, 0.25) is 0 Å². The van der Waals surface area contributed by atoms with Crippen molar-refractivity contribution in [3.05, 3.63) is 69.8 Å². The highest BCUT2D eigenvalue weighted by atomic mass is 16.6. The summed E-state index contributed by atoms with van der Waals surface area (Å²) in [5.41, 5.74) is 1.45. The normalized spacial score (nSPS) is 14.5. The molecular formula is C18H16N2O4. The van der Waals surface area contributed by atoms with Gasteiger partial charge in [0.25, 0.3) is 11.6 Å². The molecule has 2 aromatic rings. The van der Waals surface area contributed by atoms with Gasteiger partial charge in [-0.25, -0.2) is 0 Å². The van der Waals surface area contributed by atoms with Crippen molar-refractivity contribution in [2.75, 3.05) is 11.4 Å². The Morgan fingerprint density at radius 1 is 1.04 bits per heavy atom. The first kappa shape index (κ1) is 15.9. The van der Waals surface area contributed by atoms with E-state index in [0.29, 0.717) is 29.8 Å². The second-order valence-corrected chi connectivity index (χ2v) is 5.66. The summed E-state index contributed by atoms with van der Waals surface area (Å²) in [6.45, 7) is 0.514. The second-order valence-electron chi connectivity index (χ2n) is 5.66. The van der Waals surface area contributed by atoms with Gasteiger partial charge in [-0.15, -0.1) is 0 Å². The Morgan fingerprint density at radius 2 is 1.75 bits per heavy atom. The minimum Gasteiger partial charge on any atom is -0.308 e. The van der Waals surface area contributed by atoms with Crippen molar-refractivity contribution in [1.29, 1.82) is 0 Å². The third kappa shape index (κ3) is 3.03. The number of rotatable bonds is 2. The predicted octanol–water partition coefficient (Wildman–Crippen LogP) is 3.61. The Bertz CT molecular complexity index is 799. The third-order valence-corrected chi connectivity index (χ3v) is 4.10. The van der Waals surface area contributed by atoms with Crippen molar-refractivity contribution in [1.82, 2.24) is 0 Å². The summed E-state index contributed by atoms with van der Waals surface area (Å²) >= 11 is 0. The van der Waals surface area contributed by atoms with Gasteiger partial charge in [-0.3, -0.25) is 19.7 Å². The van der Waals surface area contributed by atoms with Crippen LogP contribution < -0.4 is 4.90 Å². The minimum atomic E-state index is -0.502. The topological polar surface area (TPSA) is 80.5 Å².